The maximum Gasteiger partial charge on any atom is 0.149 e. The largest absolute Gasteiger partial charge is 0.464 e. The zero-order valence-electron chi connectivity index (χ0n) is 9.94. The molecule has 0 spiro atoms. The van der Waals surface area contributed by atoms with E-state index in [4.69, 9.17) is 8.83 Å². The summed E-state index contributed by atoms with van der Waals surface area (Å²) in [5.74, 6) is 0. The molecule has 0 aliphatic rings. The Morgan fingerprint density at radius 3 is 2.56 bits per heavy atom. The molecule has 0 aliphatic heterocycles. The van der Waals surface area contributed by atoms with Crippen molar-refractivity contribution in [3.63, 3.8) is 0 Å². The Morgan fingerprint density at radius 1 is 1.17 bits per heavy atom. The van der Waals surface area contributed by atoms with Crippen LogP contribution >= 0.6 is 15.9 Å². The van der Waals surface area contributed by atoms with Gasteiger partial charge in [-0.05, 0) is 47.8 Å². The summed E-state index contributed by atoms with van der Waals surface area (Å²) in [5.41, 5.74) is 2.81. The van der Waals surface area contributed by atoms with Crippen molar-refractivity contribution < 1.29 is 13.9 Å². The van der Waals surface area contributed by atoms with Gasteiger partial charge in [0.15, 0.2) is 0 Å². The van der Waals surface area contributed by atoms with Crippen LogP contribution in [0.5, 0.6) is 0 Å². The first-order valence-electron chi connectivity index (χ1n) is 5.91. The van der Waals surface area contributed by atoms with E-state index in [1.54, 1.807) is 19.5 Å². The molecule has 1 N–H and O–H groups in total. The van der Waals surface area contributed by atoms with Gasteiger partial charge in [0, 0.05) is 16.3 Å². The van der Waals surface area contributed by atoms with E-state index in [1.807, 2.05) is 12.1 Å². The van der Waals surface area contributed by atoms with Gasteiger partial charge in [0.1, 0.15) is 11.2 Å². The van der Waals surface area contributed by atoms with Crippen LogP contribution in [0.3, 0.4) is 0 Å². The van der Waals surface area contributed by atoms with Crippen LogP contribution in [0.1, 0.15) is 18.9 Å². The van der Waals surface area contributed by atoms with Crippen LogP contribution in [0.4, 0.5) is 0 Å². The Labute approximate surface area is 113 Å². The van der Waals surface area contributed by atoms with Crippen molar-refractivity contribution in [2.75, 3.05) is 0 Å². The van der Waals surface area contributed by atoms with Crippen LogP contribution in [0.25, 0.3) is 21.9 Å². The lowest BCUT2D eigenvalue weighted by Crippen LogP contribution is -2.01. The number of rotatable bonds is 3. The van der Waals surface area contributed by atoms with Gasteiger partial charge in [-0.3, -0.25) is 0 Å². The molecule has 0 saturated carbocycles. The standard InChI is InChI=1S/C14H13BrO3/c1-8(16)2-3-9-10-4-6-18-14(10)12(15)11-5-7-17-13(9)11/h4-8,16H,2-3H2,1H3. The third kappa shape index (κ3) is 1.76. The Bertz CT molecular complexity index is 642. The Morgan fingerprint density at radius 2 is 1.83 bits per heavy atom. The third-order valence-corrected chi connectivity index (χ3v) is 3.96. The Kier molecular flexibility index (Phi) is 2.92. The van der Waals surface area contributed by atoms with Gasteiger partial charge in [-0.1, -0.05) is 0 Å². The van der Waals surface area contributed by atoms with Crippen molar-refractivity contribution >= 4 is 37.9 Å². The summed E-state index contributed by atoms with van der Waals surface area (Å²) < 4.78 is 12.0. The molecule has 0 amide bonds. The van der Waals surface area contributed by atoms with Crippen LogP contribution < -0.4 is 0 Å². The van der Waals surface area contributed by atoms with Crippen molar-refractivity contribution in [2.24, 2.45) is 0 Å². The van der Waals surface area contributed by atoms with E-state index < -0.39 is 0 Å². The average molecular weight is 309 g/mol. The zero-order chi connectivity index (χ0) is 12.7. The first-order chi connectivity index (χ1) is 8.68. The van der Waals surface area contributed by atoms with Gasteiger partial charge in [-0.25, -0.2) is 0 Å². The lowest BCUT2D eigenvalue weighted by Gasteiger charge is -2.07. The minimum absolute atomic E-state index is 0.319. The molecule has 0 radical (unpaired) electrons. The fraction of sp³-hybridized carbons (Fsp3) is 0.286. The third-order valence-electron chi connectivity index (χ3n) is 3.18. The highest BCUT2D eigenvalue weighted by atomic mass is 79.9. The normalized spacial score (nSPS) is 13.5. The van der Waals surface area contributed by atoms with Gasteiger partial charge in [-0.15, -0.1) is 0 Å². The van der Waals surface area contributed by atoms with Gasteiger partial charge in [0.25, 0.3) is 0 Å². The van der Waals surface area contributed by atoms with Crippen molar-refractivity contribution in [1.82, 2.24) is 0 Å². The summed E-state index contributed by atoms with van der Waals surface area (Å²) in [6.07, 6.45) is 4.52. The van der Waals surface area contributed by atoms with E-state index in [9.17, 15) is 5.11 Å². The van der Waals surface area contributed by atoms with Gasteiger partial charge in [0.2, 0.25) is 0 Å². The van der Waals surface area contributed by atoms with Crippen molar-refractivity contribution in [1.29, 1.82) is 0 Å². The second-order valence-electron chi connectivity index (χ2n) is 4.51. The number of halogens is 1. The molecule has 0 aliphatic carbocycles. The molecule has 18 heavy (non-hydrogen) atoms. The van der Waals surface area contributed by atoms with E-state index in [1.165, 1.54) is 0 Å². The molecule has 1 atom stereocenters. The second kappa shape index (κ2) is 4.44. The number of benzene rings is 1. The van der Waals surface area contributed by atoms with Crippen LogP contribution in [0.2, 0.25) is 0 Å². The summed E-state index contributed by atoms with van der Waals surface area (Å²) in [7, 11) is 0. The summed E-state index contributed by atoms with van der Waals surface area (Å²) in [6, 6.07) is 3.87. The molecular formula is C14H13BrO3. The van der Waals surface area contributed by atoms with Crippen molar-refractivity contribution in [3.8, 4) is 0 Å². The quantitative estimate of drug-likeness (QED) is 0.786. The Hall–Kier alpha value is -1.26. The number of aryl methyl sites for hydroxylation is 1. The van der Waals surface area contributed by atoms with Gasteiger partial charge in [0.05, 0.1) is 23.1 Å². The van der Waals surface area contributed by atoms with Gasteiger partial charge >= 0.3 is 0 Å². The smallest absolute Gasteiger partial charge is 0.149 e. The van der Waals surface area contributed by atoms with Crippen molar-refractivity contribution in [2.45, 2.75) is 25.9 Å². The molecule has 4 heteroatoms. The van der Waals surface area contributed by atoms with E-state index >= 15 is 0 Å². The molecule has 2 aromatic heterocycles. The second-order valence-corrected chi connectivity index (χ2v) is 5.30. The number of hydrogen-bond donors (Lipinski definition) is 1. The number of fused-ring (bicyclic) bond motifs is 2. The number of aliphatic hydroxyl groups is 1. The summed E-state index contributed by atoms with van der Waals surface area (Å²) in [5, 5.41) is 11.5. The van der Waals surface area contributed by atoms with Gasteiger partial charge < -0.3 is 13.9 Å². The molecule has 3 nitrogen and oxygen atoms in total. The Balaban J connectivity index is 2.26. The van der Waals surface area contributed by atoms with E-state index in [-0.39, 0.29) is 6.10 Å². The molecule has 2 heterocycles. The number of hydrogen-bond acceptors (Lipinski definition) is 3. The highest BCUT2D eigenvalue weighted by Crippen LogP contribution is 2.38. The molecule has 3 rings (SSSR count). The molecule has 0 saturated heterocycles. The molecule has 1 unspecified atom stereocenters. The SMILES string of the molecule is CC(O)CCc1c2ccoc2c(Br)c2ccoc12. The van der Waals surface area contributed by atoms with Crippen LogP contribution in [0.15, 0.2) is 38.0 Å². The average Bonchev–Trinajstić information content (AvgIpc) is 2.95. The summed E-state index contributed by atoms with van der Waals surface area (Å²) in [4.78, 5) is 0. The number of furan rings is 2. The predicted octanol–water partition coefficient (Wildman–Crippen LogP) is 4.25. The zero-order valence-corrected chi connectivity index (χ0v) is 11.5. The monoisotopic (exact) mass is 308 g/mol. The minimum Gasteiger partial charge on any atom is -0.464 e. The van der Waals surface area contributed by atoms with Crippen molar-refractivity contribution in [3.05, 3.63) is 34.7 Å². The molecule has 0 fully saturated rings. The minimum atomic E-state index is -0.319. The van der Waals surface area contributed by atoms with Crippen LogP contribution in [-0.2, 0) is 6.42 Å². The fourth-order valence-electron chi connectivity index (χ4n) is 2.28. The van der Waals surface area contributed by atoms with E-state index in [2.05, 4.69) is 15.9 Å². The van der Waals surface area contributed by atoms with Crippen LogP contribution in [0, 0.1) is 0 Å². The lowest BCUT2D eigenvalue weighted by atomic mass is 10.0. The fourth-order valence-corrected chi connectivity index (χ4v) is 2.90. The predicted molar refractivity (Wildman–Crippen MR) is 73.7 cm³/mol. The number of aliphatic hydroxyl groups excluding tert-OH is 1. The molecule has 94 valence electrons. The summed E-state index contributed by atoms with van der Waals surface area (Å²) in [6.45, 7) is 1.80. The highest BCUT2D eigenvalue weighted by Gasteiger charge is 2.17. The topological polar surface area (TPSA) is 46.5 Å². The van der Waals surface area contributed by atoms with E-state index in [0.717, 1.165) is 38.4 Å². The van der Waals surface area contributed by atoms with E-state index in [0.29, 0.717) is 6.42 Å². The highest BCUT2D eigenvalue weighted by molar-refractivity contribution is 9.10. The maximum atomic E-state index is 9.45. The van der Waals surface area contributed by atoms with Gasteiger partial charge in [-0.2, -0.15) is 0 Å². The molecule has 1 aromatic carbocycles. The lowest BCUT2D eigenvalue weighted by molar-refractivity contribution is 0.185. The molecule has 3 aromatic rings. The molecular weight excluding hydrogens is 296 g/mol. The molecule has 0 bridgehead atoms. The first kappa shape index (κ1) is 11.8. The summed E-state index contributed by atoms with van der Waals surface area (Å²) >= 11 is 3.55. The first-order valence-corrected chi connectivity index (χ1v) is 6.70. The maximum absolute atomic E-state index is 9.45. The van der Waals surface area contributed by atoms with Crippen LogP contribution in [-0.4, -0.2) is 11.2 Å².